The molecular weight excluding hydrogens is 556 g/mol. The second-order valence-corrected chi connectivity index (χ2v) is 12.6. The van der Waals surface area contributed by atoms with E-state index in [1.54, 1.807) is 6.92 Å². The Morgan fingerprint density at radius 1 is 0.614 bits per heavy atom. The average Bonchev–Trinajstić information content (AvgIpc) is 2.95. The molecule has 10 nitrogen and oxygen atoms in total. The highest BCUT2D eigenvalue weighted by Gasteiger charge is 2.23. The van der Waals surface area contributed by atoms with Crippen molar-refractivity contribution in [1.29, 1.82) is 0 Å². The zero-order valence-corrected chi connectivity index (χ0v) is 28.7. The maximum absolute atomic E-state index is 13.3. The molecule has 0 aliphatic carbocycles. The second kappa shape index (κ2) is 28.2. The SMILES string of the molecule is C=NCCCCC(CC(=O)NC(CCCCNC)CC(=O)NC(CCCCNC)CC(C)=O)NC(=O)CC(C)CCCCC. The van der Waals surface area contributed by atoms with Crippen molar-refractivity contribution in [2.24, 2.45) is 10.9 Å². The summed E-state index contributed by atoms with van der Waals surface area (Å²) in [7, 11) is 3.82. The number of nitrogens with zero attached hydrogens (tertiary/aromatic N) is 1. The van der Waals surface area contributed by atoms with Crippen LogP contribution in [0, 0.1) is 5.92 Å². The third-order valence-corrected chi connectivity index (χ3v) is 7.90. The van der Waals surface area contributed by atoms with Crippen LogP contribution in [0.4, 0.5) is 0 Å². The molecule has 44 heavy (non-hydrogen) atoms. The van der Waals surface area contributed by atoms with E-state index in [0.717, 1.165) is 77.3 Å². The molecule has 0 saturated heterocycles. The number of nitrogens with one attached hydrogen (secondary N) is 5. The van der Waals surface area contributed by atoms with Crippen molar-refractivity contribution in [2.75, 3.05) is 33.7 Å². The highest BCUT2D eigenvalue weighted by molar-refractivity contribution is 5.82. The van der Waals surface area contributed by atoms with Crippen LogP contribution >= 0.6 is 0 Å². The first kappa shape index (κ1) is 41.7. The number of unbranched alkanes of at least 4 members (excludes halogenated alkanes) is 5. The summed E-state index contributed by atoms with van der Waals surface area (Å²) in [5.74, 6) is 0.0298. The minimum absolute atomic E-state index is 0.0112. The van der Waals surface area contributed by atoms with Crippen molar-refractivity contribution in [2.45, 2.75) is 148 Å². The normalized spacial score (nSPS) is 13.8. The predicted octanol–water partition coefficient (Wildman–Crippen LogP) is 4.46. The lowest BCUT2D eigenvalue weighted by Gasteiger charge is -2.24. The van der Waals surface area contributed by atoms with Crippen molar-refractivity contribution in [3.8, 4) is 0 Å². The summed E-state index contributed by atoms with van der Waals surface area (Å²) in [6.45, 7) is 11.8. The third kappa shape index (κ3) is 25.0. The first-order chi connectivity index (χ1) is 21.1. The summed E-state index contributed by atoms with van der Waals surface area (Å²) in [4.78, 5) is 55.0. The minimum Gasteiger partial charge on any atom is -0.353 e. The summed E-state index contributed by atoms with van der Waals surface area (Å²) < 4.78 is 0. The summed E-state index contributed by atoms with van der Waals surface area (Å²) in [6.07, 6.45) is 13.1. The number of aliphatic imine (C=N–C) groups is 1. The van der Waals surface area contributed by atoms with Gasteiger partial charge in [0.05, 0.1) is 0 Å². The van der Waals surface area contributed by atoms with E-state index in [2.05, 4.69) is 52.1 Å². The first-order valence-electron chi connectivity index (χ1n) is 17.2. The van der Waals surface area contributed by atoms with E-state index in [-0.39, 0.29) is 54.5 Å². The molecule has 4 atom stereocenters. The lowest BCUT2D eigenvalue weighted by atomic mass is 9.98. The Morgan fingerprint density at radius 3 is 1.48 bits per heavy atom. The van der Waals surface area contributed by atoms with Crippen molar-refractivity contribution < 1.29 is 19.2 Å². The first-order valence-corrected chi connectivity index (χ1v) is 17.2. The highest BCUT2D eigenvalue weighted by Crippen LogP contribution is 2.15. The van der Waals surface area contributed by atoms with E-state index >= 15 is 0 Å². The molecule has 5 N–H and O–H groups in total. The van der Waals surface area contributed by atoms with Gasteiger partial charge >= 0.3 is 0 Å². The second-order valence-electron chi connectivity index (χ2n) is 12.6. The van der Waals surface area contributed by atoms with Gasteiger partial charge in [0, 0.05) is 50.4 Å². The van der Waals surface area contributed by atoms with Gasteiger partial charge in [0.25, 0.3) is 0 Å². The van der Waals surface area contributed by atoms with Gasteiger partial charge in [0.15, 0.2) is 0 Å². The molecule has 0 bridgehead atoms. The molecule has 0 aromatic heterocycles. The number of ketones is 1. The Bertz CT molecular complexity index is 794. The molecule has 0 aromatic carbocycles. The highest BCUT2D eigenvalue weighted by atomic mass is 16.2. The quantitative estimate of drug-likeness (QED) is 0.0592. The lowest BCUT2D eigenvalue weighted by molar-refractivity contribution is -0.124. The monoisotopic (exact) mass is 623 g/mol. The lowest BCUT2D eigenvalue weighted by Crippen LogP contribution is -2.45. The zero-order chi connectivity index (χ0) is 33.0. The Kier molecular flexibility index (Phi) is 26.7. The molecule has 0 fully saturated rings. The van der Waals surface area contributed by atoms with E-state index < -0.39 is 0 Å². The van der Waals surface area contributed by atoms with Crippen LogP contribution in [0.1, 0.15) is 130 Å². The molecule has 0 heterocycles. The molecule has 4 unspecified atom stereocenters. The molecule has 0 aromatic rings. The van der Waals surface area contributed by atoms with Gasteiger partial charge in [-0.2, -0.15) is 0 Å². The van der Waals surface area contributed by atoms with E-state index in [1.807, 2.05) is 14.1 Å². The molecule has 0 saturated carbocycles. The van der Waals surface area contributed by atoms with Gasteiger partial charge in [-0.05, 0) is 91.7 Å². The van der Waals surface area contributed by atoms with Crippen molar-refractivity contribution in [1.82, 2.24) is 26.6 Å². The van der Waals surface area contributed by atoms with Gasteiger partial charge in [-0.15, -0.1) is 0 Å². The van der Waals surface area contributed by atoms with Crippen molar-refractivity contribution >= 4 is 30.2 Å². The summed E-state index contributed by atoms with van der Waals surface area (Å²) in [5.41, 5.74) is 0. The number of amides is 3. The minimum atomic E-state index is -0.318. The molecular formula is C34H66N6O4. The van der Waals surface area contributed by atoms with Crippen LogP contribution in [0.15, 0.2) is 4.99 Å². The van der Waals surface area contributed by atoms with E-state index in [4.69, 9.17) is 0 Å². The fourth-order valence-corrected chi connectivity index (χ4v) is 5.49. The number of carbonyl (C=O) groups excluding carboxylic acids is 4. The average molecular weight is 623 g/mol. The van der Waals surface area contributed by atoms with Crippen LogP contribution in [-0.4, -0.2) is 82.1 Å². The van der Waals surface area contributed by atoms with Crippen LogP contribution in [0.3, 0.4) is 0 Å². The van der Waals surface area contributed by atoms with Crippen LogP contribution in [-0.2, 0) is 19.2 Å². The standard InChI is InChI=1S/C34H66N6O4/c1-7-8-9-16-27(2)23-32(42)39-30(18-11-14-21-36-5)25-34(44)40-31(19-12-15-22-37-6)26-33(43)38-29(24-28(3)41)17-10-13-20-35-4/h27,29-31,35,37H,5,7-26H2,1-4,6H3,(H,38,43)(H,39,42)(H,40,44). The van der Waals surface area contributed by atoms with Crippen LogP contribution in [0.5, 0.6) is 0 Å². The summed E-state index contributed by atoms with van der Waals surface area (Å²) in [5, 5.41) is 15.6. The largest absolute Gasteiger partial charge is 0.353 e. The Hall–Kier alpha value is -2.33. The van der Waals surface area contributed by atoms with E-state index in [1.165, 1.54) is 6.42 Å². The molecule has 0 aliphatic heterocycles. The number of Topliss-reactive ketones (excluding diaryl/α,β-unsaturated/α-hetero) is 1. The van der Waals surface area contributed by atoms with Crippen LogP contribution in [0.25, 0.3) is 0 Å². The predicted molar refractivity (Wildman–Crippen MR) is 182 cm³/mol. The Labute approximate surface area is 268 Å². The Balaban J connectivity index is 5.30. The summed E-state index contributed by atoms with van der Waals surface area (Å²) in [6, 6.07) is -0.792. The topological polar surface area (TPSA) is 141 Å². The maximum atomic E-state index is 13.3. The van der Waals surface area contributed by atoms with Crippen LogP contribution < -0.4 is 26.6 Å². The molecule has 0 aliphatic rings. The third-order valence-electron chi connectivity index (χ3n) is 7.90. The summed E-state index contributed by atoms with van der Waals surface area (Å²) >= 11 is 0. The molecule has 256 valence electrons. The van der Waals surface area contributed by atoms with E-state index in [0.29, 0.717) is 38.1 Å². The van der Waals surface area contributed by atoms with Crippen LogP contribution in [0.2, 0.25) is 0 Å². The zero-order valence-electron chi connectivity index (χ0n) is 28.7. The fraction of sp³-hybridized carbons (Fsp3) is 0.853. The van der Waals surface area contributed by atoms with Gasteiger partial charge in [0.1, 0.15) is 5.78 Å². The van der Waals surface area contributed by atoms with Gasteiger partial charge < -0.3 is 31.6 Å². The van der Waals surface area contributed by atoms with Gasteiger partial charge in [0.2, 0.25) is 17.7 Å². The molecule has 10 heteroatoms. The van der Waals surface area contributed by atoms with Gasteiger partial charge in [-0.1, -0.05) is 52.4 Å². The Morgan fingerprint density at radius 2 is 1.05 bits per heavy atom. The van der Waals surface area contributed by atoms with Crippen molar-refractivity contribution in [3.05, 3.63) is 0 Å². The van der Waals surface area contributed by atoms with Crippen molar-refractivity contribution in [3.63, 3.8) is 0 Å². The maximum Gasteiger partial charge on any atom is 0.222 e. The number of hydrogen-bond acceptors (Lipinski definition) is 7. The fourth-order valence-electron chi connectivity index (χ4n) is 5.49. The van der Waals surface area contributed by atoms with Gasteiger partial charge in [-0.25, -0.2) is 0 Å². The molecule has 0 spiro atoms. The van der Waals surface area contributed by atoms with E-state index in [9.17, 15) is 19.2 Å². The van der Waals surface area contributed by atoms with Gasteiger partial charge in [-0.3, -0.25) is 19.2 Å². The number of hydrogen-bond donors (Lipinski definition) is 5. The smallest absolute Gasteiger partial charge is 0.222 e. The molecule has 3 amide bonds. The molecule has 0 radical (unpaired) electrons. The number of rotatable bonds is 30. The molecule has 0 rings (SSSR count). The number of carbonyl (C=O) groups is 4.